The molecule has 0 aliphatic heterocycles. The molecule has 0 heterocycles. The SMILES string of the molecule is [2H]C1([2H])CCC([2H])([2H])C1C(=O)N(C)C. The van der Waals surface area contributed by atoms with Crippen LogP contribution in [0.15, 0.2) is 0 Å². The van der Waals surface area contributed by atoms with Crippen LogP contribution in [-0.4, -0.2) is 24.9 Å². The Morgan fingerprint density at radius 1 is 1.50 bits per heavy atom. The van der Waals surface area contributed by atoms with E-state index in [0.29, 0.717) is 0 Å². The van der Waals surface area contributed by atoms with Crippen molar-refractivity contribution >= 4 is 5.91 Å². The summed E-state index contributed by atoms with van der Waals surface area (Å²) in [4.78, 5) is 12.9. The van der Waals surface area contributed by atoms with Crippen molar-refractivity contribution in [1.82, 2.24) is 4.90 Å². The van der Waals surface area contributed by atoms with Gasteiger partial charge in [0.2, 0.25) is 5.91 Å². The maximum atomic E-state index is 11.6. The number of hydrogen-bond donors (Lipinski definition) is 0. The molecule has 0 radical (unpaired) electrons. The van der Waals surface area contributed by atoms with E-state index in [2.05, 4.69) is 0 Å². The first-order valence-corrected chi connectivity index (χ1v) is 3.40. The van der Waals surface area contributed by atoms with Gasteiger partial charge in [-0.15, -0.1) is 0 Å². The van der Waals surface area contributed by atoms with Gasteiger partial charge in [-0.05, 0) is 12.7 Å². The molecule has 1 amide bonds. The van der Waals surface area contributed by atoms with E-state index in [1.54, 1.807) is 0 Å². The van der Waals surface area contributed by atoms with Gasteiger partial charge in [0.15, 0.2) is 0 Å². The van der Waals surface area contributed by atoms with Gasteiger partial charge in [0, 0.05) is 25.5 Å². The monoisotopic (exact) mass is 145 g/mol. The zero-order chi connectivity index (χ0) is 11.1. The summed E-state index contributed by atoms with van der Waals surface area (Å²) >= 11 is 0. The summed E-state index contributed by atoms with van der Waals surface area (Å²) in [5, 5.41) is 0. The van der Waals surface area contributed by atoms with Crippen molar-refractivity contribution in [1.29, 1.82) is 0 Å². The van der Waals surface area contributed by atoms with Crippen LogP contribution in [0.5, 0.6) is 0 Å². The van der Waals surface area contributed by atoms with Crippen LogP contribution in [0, 0.1) is 5.92 Å². The number of rotatable bonds is 1. The third-order valence-electron chi connectivity index (χ3n) is 1.51. The first-order chi connectivity index (χ1) is 6.18. The minimum atomic E-state index is -1.72. The van der Waals surface area contributed by atoms with Crippen LogP contribution in [0.1, 0.15) is 31.1 Å². The summed E-state index contributed by atoms with van der Waals surface area (Å²) in [6, 6.07) is 0. The van der Waals surface area contributed by atoms with Gasteiger partial charge >= 0.3 is 0 Å². The Morgan fingerprint density at radius 2 is 2.00 bits per heavy atom. The Bertz CT molecular complexity index is 236. The molecule has 0 saturated heterocycles. The summed E-state index contributed by atoms with van der Waals surface area (Å²) in [5.41, 5.74) is 0. The summed E-state index contributed by atoms with van der Waals surface area (Å²) in [7, 11) is 3.04. The highest BCUT2D eigenvalue weighted by molar-refractivity contribution is 5.78. The van der Waals surface area contributed by atoms with Crippen molar-refractivity contribution in [3.8, 4) is 0 Å². The molecule has 2 heteroatoms. The molecule has 2 nitrogen and oxygen atoms in total. The van der Waals surface area contributed by atoms with Crippen molar-refractivity contribution in [2.24, 2.45) is 5.92 Å². The van der Waals surface area contributed by atoms with Gasteiger partial charge in [-0.25, -0.2) is 0 Å². The Labute approximate surface area is 67.8 Å². The van der Waals surface area contributed by atoms with Crippen LogP contribution >= 0.6 is 0 Å². The van der Waals surface area contributed by atoms with Crippen molar-refractivity contribution < 1.29 is 10.3 Å². The van der Waals surface area contributed by atoms with Gasteiger partial charge in [-0.3, -0.25) is 4.79 Å². The second kappa shape index (κ2) is 3.04. The maximum Gasteiger partial charge on any atom is 0.225 e. The highest BCUT2D eigenvalue weighted by Gasteiger charge is 2.23. The second-order valence-electron chi connectivity index (χ2n) is 2.57. The van der Waals surface area contributed by atoms with E-state index in [0.717, 1.165) is 0 Å². The largest absolute Gasteiger partial charge is 0.349 e. The van der Waals surface area contributed by atoms with E-state index in [9.17, 15) is 4.79 Å². The lowest BCUT2D eigenvalue weighted by molar-refractivity contribution is -0.132. The molecule has 0 N–H and O–H groups in total. The van der Waals surface area contributed by atoms with Gasteiger partial charge in [0.1, 0.15) is 0 Å². The Morgan fingerprint density at radius 3 is 2.40 bits per heavy atom. The highest BCUT2D eigenvalue weighted by Crippen LogP contribution is 2.25. The van der Waals surface area contributed by atoms with Gasteiger partial charge in [0.25, 0.3) is 0 Å². The van der Waals surface area contributed by atoms with Gasteiger partial charge in [-0.2, -0.15) is 0 Å². The van der Waals surface area contributed by atoms with Gasteiger partial charge in [-0.1, -0.05) is 12.8 Å². The highest BCUT2D eigenvalue weighted by atomic mass is 16.2. The van der Waals surface area contributed by atoms with E-state index in [1.165, 1.54) is 19.0 Å². The molecule has 58 valence electrons. The van der Waals surface area contributed by atoms with Crippen LogP contribution in [0.25, 0.3) is 0 Å². The number of carbonyl (C=O) groups excluding carboxylic acids is 1. The quantitative estimate of drug-likeness (QED) is 0.544. The molecular weight excluding hydrogens is 126 g/mol. The summed E-state index contributed by atoms with van der Waals surface area (Å²) in [6.07, 6.45) is -3.20. The molecule has 0 unspecified atom stereocenters. The fraction of sp³-hybridized carbons (Fsp3) is 0.875. The first-order valence-electron chi connectivity index (χ1n) is 5.40. The Hall–Kier alpha value is -0.530. The van der Waals surface area contributed by atoms with Crippen LogP contribution in [-0.2, 0) is 4.79 Å². The molecule has 0 aromatic rings. The molecule has 1 saturated carbocycles. The van der Waals surface area contributed by atoms with Crippen molar-refractivity contribution in [2.45, 2.75) is 25.6 Å². The normalized spacial score (nSPS) is 35.4. The lowest BCUT2D eigenvalue weighted by Crippen LogP contribution is -2.27. The minimum absolute atomic E-state index is 0.115. The van der Waals surface area contributed by atoms with Crippen molar-refractivity contribution in [3.05, 3.63) is 0 Å². The van der Waals surface area contributed by atoms with Crippen LogP contribution in [0.4, 0.5) is 0 Å². The van der Waals surface area contributed by atoms with Crippen LogP contribution in [0.3, 0.4) is 0 Å². The molecule has 0 spiro atoms. The molecule has 10 heavy (non-hydrogen) atoms. The number of amides is 1. The third kappa shape index (κ3) is 1.49. The molecular formula is C8H15NO. The Kier molecular flexibility index (Phi) is 1.14. The lowest BCUT2D eigenvalue weighted by Gasteiger charge is -2.14. The van der Waals surface area contributed by atoms with Crippen molar-refractivity contribution in [2.75, 3.05) is 14.1 Å². The second-order valence-corrected chi connectivity index (χ2v) is 2.57. The summed E-state index contributed by atoms with van der Waals surface area (Å²) in [5.74, 6) is -1.62. The lowest BCUT2D eigenvalue weighted by atomic mass is 10.1. The third-order valence-corrected chi connectivity index (χ3v) is 1.51. The smallest absolute Gasteiger partial charge is 0.225 e. The zero-order valence-electron chi connectivity index (χ0n) is 10.3. The fourth-order valence-corrected chi connectivity index (χ4v) is 0.938. The minimum Gasteiger partial charge on any atom is -0.349 e. The fourth-order valence-electron chi connectivity index (χ4n) is 0.938. The van der Waals surface area contributed by atoms with E-state index in [1.807, 2.05) is 0 Å². The van der Waals surface area contributed by atoms with Crippen LogP contribution < -0.4 is 0 Å². The van der Waals surface area contributed by atoms with E-state index < -0.39 is 24.6 Å². The molecule has 1 aliphatic rings. The topological polar surface area (TPSA) is 20.3 Å². The van der Waals surface area contributed by atoms with Crippen LogP contribution in [0.2, 0.25) is 0 Å². The predicted molar refractivity (Wildman–Crippen MR) is 40.7 cm³/mol. The molecule has 1 fully saturated rings. The number of nitrogens with zero attached hydrogens (tertiary/aromatic N) is 1. The molecule has 1 aliphatic carbocycles. The zero-order valence-corrected chi connectivity index (χ0v) is 6.35. The summed E-state index contributed by atoms with van der Waals surface area (Å²) < 4.78 is 30.4. The number of hydrogen-bond acceptors (Lipinski definition) is 1. The molecule has 0 bridgehead atoms. The molecule has 0 aromatic carbocycles. The van der Waals surface area contributed by atoms with E-state index in [4.69, 9.17) is 5.48 Å². The van der Waals surface area contributed by atoms with Crippen molar-refractivity contribution in [3.63, 3.8) is 0 Å². The molecule has 0 aromatic heterocycles. The average molecular weight is 145 g/mol. The van der Waals surface area contributed by atoms with Gasteiger partial charge < -0.3 is 4.90 Å². The molecule has 1 rings (SSSR count). The molecule has 0 atom stereocenters. The van der Waals surface area contributed by atoms with Gasteiger partial charge in [0.05, 0.1) is 0 Å². The van der Waals surface area contributed by atoms with E-state index >= 15 is 0 Å². The number of carbonyl (C=O) groups is 1. The maximum absolute atomic E-state index is 11.6. The summed E-state index contributed by atoms with van der Waals surface area (Å²) in [6.45, 7) is 0. The average Bonchev–Trinajstić information content (AvgIpc) is 2.20. The first kappa shape index (κ1) is 3.74. The van der Waals surface area contributed by atoms with E-state index in [-0.39, 0.29) is 12.8 Å². The standard InChI is InChI=1S/C8H15NO/c1-9(2)8(10)7-5-3-4-6-7/h7H,3-6H2,1-2H3/i5D2,6D2. The Balaban J connectivity index is 2.98. The predicted octanol–water partition coefficient (Wildman–Crippen LogP) is 1.26.